The number of nitrogens with zero attached hydrogens (tertiary/aromatic N) is 1. The zero-order valence-electron chi connectivity index (χ0n) is 17.4. The van der Waals surface area contributed by atoms with Crippen molar-refractivity contribution in [2.75, 3.05) is 19.6 Å². The molecule has 0 heterocycles. The topological polar surface area (TPSA) is 89.9 Å². The van der Waals surface area contributed by atoms with Gasteiger partial charge in [-0.15, -0.1) is 0 Å². The molecule has 0 saturated heterocycles. The number of hydrogen-bond donors (Lipinski definition) is 3. The van der Waals surface area contributed by atoms with Crippen molar-refractivity contribution in [1.29, 1.82) is 0 Å². The van der Waals surface area contributed by atoms with Crippen molar-refractivity contribution in [3.8, 4) is 0 Å². The standard InChI is InChI=1S/C18H36N2O4.K.H/c1-3-4-5-6-7-8-9-10-11-12-17(22)19-13-14-20(16(2)21)15-18(23)24;;/h16,21H,3-15H2,1-2H3,(H,19,22)(H,23,24);;/q;+1;-1. The minimum absolute atomic E-state index is 0. The van der Waals surface area contributed by atoms with Crippen LogP contribution in [0.1, 0.15) is 79.5 Å². The van der Waals surface area contributed by atoms with E-state index in [-0.39, 0.29) is 65.3 Å². The molecule has 1 unspecified atom stereocenters. The Kier molecular flexibility index (Phi) is 21.4. The number of carboxylic acid groups (broad SMARTS) is 1. The first kappa shape index (κ1) is 27.7. The van der Waals surface area contributed by atoms with Crippen LogP contribution in [-0.2, 0) is 9.59 Å². The Balaban J connectivity index is -0.00000264. The van der Waals surface area contributed by atoms with Crippen molar-refractivity contribution >= 4 is 11.9 Å². The van der Waals surface area contributed by atoms with Gasteiger partial charge in [-0.1, -0.05) is 58.3 Å². The number of aliphatic hydroxyl groups is 1. The van der Waals surface area contributed by atoms with Gasteiger partial charge in [-0.05, 0) is 13.3 Å². The molecule has 0 bridgehead atoms. The van der Waals surface area contributed by atoms with Crippen LogP contribution < -0.4 is 56.7 Å². The molecule has 0 saturated carbocycles. The number of hydrogen-bond acceptors (Lipinski definition) is 4. The molecule has 0 aromatic carbocycles. The molecule has 1 amide bonds. The van der Waals surface area contributed by atoms with E-state index in [9.17, 15) is 14.7 Å². The van der Waals surface area contributed by atoms with Gasteiger partial charge >= 0.3 is 57.4 Å². The fourth-order valence-corrected chi connectivity index (χ4v) is 2.60. The van der Waals surface area contributed by atoms with Crippen LogP contribution in [0.5, 0.6) is 0 Å². The summed E-state index contributed by atoms with van der Waals surface area (Å²) in [6.07, 6.45) is 10.7. The zero-order chi connectivity index (χ0) is 18.2. The molecule has 0 aliphatic heterocycles. The van der Waals surface area contributed by atoms with E-state index in [1.165, 1.54) is 56.8 Å². The average Bonchev–Trinajstić information content (AvgIpc) is 2.51. The third-order valence-electron chi connectivity index (χ3n) is 4.10. The number of aliphatic carboxylic acids is 1. The van der Waals surface area contributed by atoms with Crippen molar-refractivity contribution in [3.05, 3.63) is 0 Å². The summed E-state index contributed by atoms with van der Waals surface area (Å²) >= 11 is 0. The van der Waals surface area contributed by atoms with Crippen LogP contribution in [-0.4, -0.2) is 52.9 Å². The fraction of sp³-hybridized carbons (Fsp3) is 0.889. The van der Waals surface area contributed by atoms with Gasteiger partial charge in [0, 0.05) is 19.5 Å². The summed E-state index contributed by atoms with van der Waals surface area (Å²) in [7, 11) is 0. The second-order valence-corrected chi connectivity index (χ2v) is 6.42. The first-order valence-corrected chi connectivity index (χ1v) is 9.38. The SMILES string of the molecule is CCCCCCCCCCCC(=O)NCCN(CC(=O)O)C(C)O.[H-].[K+]. The Morgan fingerprint density at radius 3 is 2.04 bits per heavy atom. The van der Waals surface area contributed by atoms with Crippen LogP contribution in [0.3, 0.4) is 0 Å². The molecule has 6 nitrogen and oxygen atoms in total. The van der Waals surface area contributed by atoms with Crippen molar-refractivity contribution < 1.29 is 72.6 Å². The number of carbonyl (C=O) groups excluding carboxylic acids is 1. The van der Waals surface area contributed by atoms with Crippen LogP contribution in [0.15, 0.2) is 0 Å². The number of carboxylic acids is 1. The van der Waals surface area contributed by atoms with E-state index in [0.717, 1.165) is 12.8 Å². The first-order chi connectivity index (χ1) is 11.5. The molecule has 0 spiro atoms. The largest absolute Gasteiger partial charge is 1.00 e. The van der Waals surface area contributed by atoms with Gasteiger partial charge in [0.05, 0.1) is 6.54 Å². The molecule has 3 N–H and O–H groups in total. The molecule has 25 heavy (non-hydrogen) atoms. The monoisotopic (exact) mass is 384 g/mol. The van der Waals surface area contributed by atoms with Gasteiger partial charge in [-0.2, -0.15) is 0 Å². The Bertz CT molecular complexity index is 347. The summed E-state index contributed by atoms with van der Waals surface area (Å²) < 4.78 is 0. The molecule has 0 fully saturated rings. The van der Waals surface area contributed by atoms with Crippen LogP contribution in [0, 0.1) is 0 Å². The number of nitrogens with one attached hydrogen (secondary N) is 1. The minimum atomic E-state index is -0.989. The summed E-state index contributed by atoms with van der Waals surface area (Å²) in [5, 5.41) is 21.0. The third kappa shape index (κ3) is 19.1. The maximum atomic E-state index is 11.7. The molecule has 0 aliphatic rings. The van der Waals surface area contributed by atoms with Crippen LogP contribution in [0.4, 0.5) is 0 Å². The molecule has 1 atom stereocenters. The predicted molar refractivity (Wildman–Crippen MR) is 96.9 cm³/mol. The Morgan fingerprint density at radius 2 is 1.56 bits per heavy atom. The maximum Gasteiger partial charge on any atom is 1.00 e. The van der Waals surface area contributed by atoms with Crippen LogP contribution >= 0.6 is 0 Å². The van der Waals surface area contributed by atoms with E-state index in [2.05, 4.69) is 12.2 Å². The van der Waals surface area contributed by atoms with Gasteiger partial charge < -0.3 is 17.0 Å². The van der Waals surface area contributed by atoms with Gasteiger partial charge in [0.2, 0.25) is 5.91 Å². The fourth-order valence-electron chi connectivity index (χ4n) is 2.60. The molecular formula is C18H37KN2O4. The number of unbranched alkanes of at least 4 members (excludes halogenated alkanes) is 8. The molecule has 144 valence electrons. The van der Waals surface area contributed by atoms with Crippen molar-refractivity contribution in [2.45, 2.75) is 84.3 Å². The number of aliphatic hydroxyl groups excluding tert-OH is 1. The van der Waals surface area contributed by atoms with Crippen molar-refractivity contribution in [3.63, 3.8) is 0 Å². The predicted octanol–water partition coefficient (Wildman–Crippen LogP) is -0.135. The number of rotatable bonds is 16. The van der Waals surface area contributed by atoms with Gasteiger partial charge in [0.25, 0.3) is 0 Å². The zero-order valence-corrected chi connectivity index (χ0v) is 19.6. The number of carbonyl (C=O) groups is 2. The van der Waals surface area contributed by atoms with E-state index < -0.39 is 12.2 Å². The van der Waals surface area contributed by atoms with Gasteiger partial charge in [0.1, 0.15) is 6.23 Å². The minimum Gasteiger partial charge on any atom is -1.00 e. The molecule has 0 aromatic heterocycles. The quantitative estimate of drug-likeness (QED) is 0.196. The van der Waals surface area contributed by atoms with E-state index >= 15 is 0 Å². The number of amides is 1. The second-order valence-electron chi connectivity index (χ2n) is 6.42. The summed E-state index contributed by atoms with van der Waals surface area (Å²) in [6, 6.07) is 0. The van der Waals surface area contributed by atoms with Crippen molar-refractivity contribution in [1.82, 2.24) is 10.2 Å². The second kappa shape index (κ2) is 19.3. The average molecular weight is 385 g/mol. The Hall–Kier alpha value is 0.496. The van der Waals surface area contributed by atoms with Gasteiger partial charge in [-0.25, -0.2) is 0 Å². The van der Waals surface area contributed by atoms with Gasteiger partial charge in [0.15, 0.2) is 0 Å². The molecule has 0 aromatic rings. The Morgan fingerprint density at radius 1 is 1.04 bits per heavy atom. The van der Waals surface area contributed by atoms with Gasteiger partial charge in [-0.3, -0.25) is 14.5 Å². The van der Waals surface area contributed by atoms with E-state index in [4.69, 9.17) is 5.11 Å². The van der Waals surface area contributed by atoms with Crippen LogP contribution in [0.25, 0.3) is 0 Å². The third-order valence-corrected chi connectivity index (χ3v) is 4.10. The molecule has 0 radical (unpaired) electrons. The summed E-state index contributed by atoms with van der Waals surface area (Å²) in [5.74, 6) is -0.990. The molecule has 0 aliphatic carbocycles. The van der Waals surface area contributed by atoms with E-state index in [0.29, 0.717) is 19.5 Å². The van der Waals surface area contributed by atoms with Crippen molar-refractivity contribution in [2.24, 2.45) is 0 Å². The smallest absolute Gasteiger partial charge is 1.00 e. The van der Waals surface area contributed by atoms with E-state index in [1.54, 1.807) is 0 Å². The van der Waals surface area contributed by atoms with E-state index in [1.807, 2.05) is 0 Å². The van der Waals surface area contributed by atoms with Crippen LogP contribution in [0.2, 0.25) is 0 Å². The maximum absolute atomic E-state index is 11.7. The molecule has 0 rings (SSSR count). The summed E-state index contributed by atoms with van der Waals surface area (Å²) in [6.45, 7) is 4.19. The first-order valence-electron chi connectivity index (χ1n) is 9.38. The molecule has 7 heteroatoms. The normalized spacial score (nSPS) is 11.8. The molecular weight excluding hydrogens is 347 g/mol. The Labute approximate surface area is 197 Å². The summed E-state index contributed by atoms with van der Waals surface area (Å²) in [5.41, 5.74) is 0. The summed E-state index contributed by atoms with van der Waals surface area (Å²) in [4.78, 5) is 23.8.